The molecule has 2 heterocycles. The number of ether oxygens (including phenoxy) is 1. The highest BCUT2D eigenvalue weighted by Gasteiger charge is 2.11. The second-order valence-electron chi connectivity index (χ2n) is 5.35. The van der Waals surface area contributed by atoms with E-state index in [0.29, 0.717) is 0 Å². The molecule has 1 aliphatic heterocycles. The SMILES string of the molecule is c1ccc(NCc2ccsc2)c(CCN2CCOCC2)c1. The number of hydrogen-bond donors (Lipinski definition) is 1. The summed E-state index contributed by atoms with van der Waals surface area (Å²) in [4.78, 5) is 2.49. The van der Waals surface area contributed by atoms with Crippen molar-refractivity contribution < 1.29 is 4.74 Å². The van der Waals surface area contributed by atoms with E-state index in [-0.39, 0.29) is 0 Å². The monoisotopic (exact) mass is 302 g/mol. The van der Waals surface area contributed by atoms with Gasteiger partial charge in [-0.2, -0.15) is 11.3 Å². The van der Waals surface area contributed by atoms with E-state index < -0.39 is 0 Å². The Bertz CT molecular complexity index is 535. The van der Waals surface area contributed by atoms with E-state index in [1.54, 1.807) is 11.3 Å². The van der Waals surface area contributed by atoms with Gasteiger partial charge in [0.15, 0.2) is 0 Å². The maximum absolute atomic E-state index is 5.40. The first-order chi connectivity index (χ1) is 10.4. The minimum Gasteiger partial charge on any atom is -0.381 e. The molecule has 0 aliphatic carbocycles. The van der Waals surface area contributed by atoms with Crippen LogP contribution in [0.2, 0.25) is 0 Å². The summed E-state index contributed by atoms with van der Waals surface area (Å²) in [5, 5.41) is 7.89. The molecule has 0 amide bonds. The van der Waals surface area contributed by atoms with Crippen LogP contribution in [0.15, 0.2) is 41.1 Å². The maximum atomic E-state index is 5.40. The van der Waals surface area contributed by atoms with Gasteiger partial charge in [-0.3, -0.25) is 4.90 Å². The molecule has 21 heavy (non-hydrogen) atoms. The Morgan fingerprint density at radius 1 is 1.14 bits per heavy atom. The van der Waals surface area contributed by atoms with E-state index in [2.05, 4.69) is 51.3 Å². The standard InChI is InChI=1S/C17H22N2OS/c1-2-4-17(18-13-15-6-12-21-14-15)16(3-1)5-7-19-8-10-20-11-9-19/h1-4,6,12,14,18H,5,7-11,13H2. The topological polar surface area (TPSA) is 24.5 Å². The molecule has 0 saturated carbocycles. The van der Waals surface area contributed by atoms with Crippen molar-refractivity contribution in [3.63, 3.8) is 0 Å². The summed E-state index contributed by atoms with van der Waals surface area (Å²) in [6.07, 6.45) is 1.09. The van der Waals surface area contributed by atoms with Crippen molar-refractivity contribution in [2.24, 2.45) is 0 Å². The number of nitrogens with zero attached hydrogens (tertiary/aromatic N) is 1. The summed E-state index contributed by atoms with van der Waals surface area (Å²) in [7, 11) is 0. The van der Waals surface area contributed by atoms with Gasteiger partial charge in [-0.25, -0.2) is 0 Å². The fourth-order valence-corrected chi connectivity index (χ4v) is 3.27. The molecule has 112 valence electrons. The van der Waals surface area contributed by atoms with Crippen LogP contribution in [-0.2, 0) is 17.7 Å². The molecular weight excluding hydrogens is 280 g/mol. The van der Waals surface area contributed by atoms with Crippen molar-refractivity contribution in [2.75, 3.05) is 38.2 Å². The van der Waals surface area contributed by atoms with Crippen molar-refractivity contribution in [1.82, 2.24) is 4.90 Å². The van der Waals surface area contributed by atoms with Crippen LogP contribution < -0.4 is 5.32 Å². The average Bonchev–Trinajstić information content (AvgIpc) is 3.06. The van der Waals surface area contributed by atoms with Gasteiger partial charge in [0.05, 0.1) is 13.2 Å². The Morgan fingerprint density at radius 2 is 2.00 bits per heavy atom. The number of nitrogens with one attached hydrogen (secondary N) is 1. The summed E-state index contributed by atoms with van der Waals surface area (Å²) >= 11 is 1.75. The molecule has 2 aromatic rings. The van der Waals surface area contributed by atoms with E-state index in [1.165, 1.54) is 16.8 Å². The largest absolute Gasteiger partial charge is 0.381 e. The van der Waals surface area contributed by atoms with Gasteiger partial charge in [-0.1, -0.05) is 18.2 Å². The number of rotatable bonds is 6. The lowest BCUT2D eigenvalue weighted by Gasteiger charge is -2.26. The minimum absolute atomic E-state index is 0.873. The van der Waals surface area contributed by atoms with E-state index in [1.807, 2.05) is 0 Å². The number of thiophene rings is 1. The van der Waals surface area contributed by atoms with Gasteiger partial charge in [-0.15, -0.1) is 0 Å². The minimum atomic E-state index is 0.873. The number of hydrogen-bond acceptors (Lipinski definition) is 4. The molecule has 0 radical (unpaired) electrons. The molecule has 3 nitrogen and oxygen atoms in total. The summed E-state index contributed by atoms with van der Waals surface area (Å²) < 4.78 is 5.40. The predicted molar refractivity (Wildman–Crippen MR) is 89.1 cm³/mol. The summed E-state index contributed by atoms with van der Waals surface area (Å²) in [5.74, 6) is 0. The van der Waals surface area contributed by atoms with E-state index in [0.717, 1.165) is 45.8 Å². The van der Waals surface area contributed by atoms with Crippen molar-refractivity contribution in [3.05, 3.63) is 52.2 Å². The van der Waals surface area contributed by atoms with Gasteiger partial charge >= 0.3 is 0 Å². The van der Waals surface area contributed by atoms with Gasteiger partial charge in [0.1, 0.15) is 0 Å². The first kappa shape index (κ1) is 14.6. The normalized spacial score (nSPS) is 16.0. The van der Waals surface area contributed by atoms with Crippen LogP contribution in [0.1, 0.15) is 11.1 Å². The Morgan fingerprint density at radius 3 is 2.81 bits per heavy atom. The molecule has 1 saturated heterocycles. The second-order valence-corrected chi connectivity index (χ2v) is 6.13. The zero-order chi connectivity index (χ0) is 14.3. The lowest BCUT2D eigenvalue weighted by Crippen LogP contribution is -2.37. The third kappa shape index (κ3) is 4.30. The van der Waals surface area contributed by atoms with Gasteiger partial charge in [-0.05, 0) is 40.4 Å². The van der Waals surface area contributed by atoms with E-state index in [4.69, 9.17) is 4.74 Å². The highest BCUT2D eigenvalue weighted by atomic mass is 32.1. The van der Waals surface area contributed by atoms with Crippen molar-refractivity contribution in [2.45, 2.75) is 13.0 Å². The fraction of sp³-hybridized carbons (Fsp3) is 0.412. The summed E-state index contributed by atoms with van der Waals surface area (Å²) in [5.41, 5.74) is 4.01. The smallest absolute Gasteiger partial charge is 0.0594 e. The number of benzene rings is 1. The number of anilines is 1. The molecule has 1 fully saturated rings. The molecule has 0 bridgehead atoms. The highest BCUT2D eigenvalue weighted by Crippen LogP contribution is 2.18. The third-order valence-corrected chi connectivity index (χ3v) is 4.61. The lowest BCUT2D eigenvalue weighted by atomic mass is 10.1. The zero-order valence-electron chi connectivity index (χ0n) is 12.3. The van der Waals surface area contributed by atoms with E-state index in [9.17, 15) is 0 Å². The van der Waals surface area contributed by atoms with Crippen molar-refractivity contribution in [1.29, 1.82) is 0 Å². The summed E-state index contributed by atoms with van der Waals surface area (Å²) in [6.45, 7) is 5.88. The molecule has 1 aromatic heterocycles. The van der Waals surface area contributed by atoms with Crippen LogP contribution in [0.4, 0.5) is 5.69 Å². The van der Waals surface area contributed by atoms with Crippen molar-refractivity contribution in [3.8, 4) is 0 Å². The predicted octanol–water partition coefficient (Wildman–Crippen LogP) is 3.23. The molecular formula is C17H22N2OS. The number of para-hydroxylation sites is 1. The van der Waals surface area contributed by atoms with Gasteiger partial charge in [0.25, 0.3) is 0 Å². The first-order valence-electron chi connectivity index (χ1n) is 7.55. The van der Waals surface area contributed by atoms with Gasteiger partial charge in [0.2, 0.25) is 0 Å². The van der Waals surface area contributed by atoms with Crippen LogP contribution in [0, 0.1) is 0 Å². The molecule has 1 aliphatic rings. The molecule has 0 atom stereocenters. The van der Waals surface area contributed by atoms with Crippen LogP contribution >= 0.6 is 11.3 Å². The fourth-order valence-electron chi connectivity index (χ4n) is 2.60. The molecule has 0 spiro atoms. The lowest BCUT2D eigenvalue weighted by molar-refractivity contribution is 0.0384. The zero-order valence-corrected chi connectivity index (χ0v) is 13.1. The Balaban J connectivity index is 1.56. The quantitative estimate of drug-likeness (QED) is 0.886. The van der Waals surface area contributed by atoms with Crippen LogP contribution in [0.25, 0.3) is 0 Å². The molecule has 1 aromatic carbocycles. The average molecular weight is 302 g/mol. The Hall–Kier alpha value is -1.36. The first-order valence-corrected chi connectivity index (χ1v) is 8.49. The van der Waals surface area contributed by atoms with Gasteiger partial charge < -0.3 is 10.1 Å². The Kier molecular flexibility index (Phi) is 5.27. The maximum Gasteiger partial charge on any atom is 0.0594 e. The molecule has 1 N–H and O–H groups in total. The Labute approximate surface area is 130 Å². The van der Waals surface area contributed by atoms with Gasteiger partial charge in [0, 0.05) is 31.9 Å². The van der Waals surface area contributed by atoms with Crippen LogP contribution in [0.5, 0.6) is 0 Å². The molecule has 4 heteroatoms. The molecule has 0 unspecified atom stereocenters. The van der Waals surface area contributed by atoms with Crippen molar-refractivity contribution >= 4 is 17.0 Å². The number of morpholine rings is 1. The van der Waals surface area contributed by atoms with Crippen LogP contribution in [0.3, 0.4) is 0 Å². The second kappa shape index (κ2) is 7.59. The third-order valence-electron chi connectivity index (χ3n) is 3.88. The highest BCUT2D eigenvalue weighted by molar-refractivity contribution is 7.07. The molecule has 3 rings (SSSR count). The summed E-state index contributed by atoms with van der Waals surface area (Å²) in [6, 6.07) is 10.8. The van der Waals surface area contributed by atoms with E-state index >= 15 is 0 Å². The van der Waals surface area contributed by atoms with Crippen LogP contribution in [-0.4, -0.2) is 37.7 Å².